The molecule has 0 saturated heterocycles. The van der Waals surface area contributed by atoms with Gasteiger partial charge in [-0.2, -0.15) is 0 Å². The summed E-state index contributed by atoms with van der Waals surface area (Å²) in [6, 6.07) is 9.42. The van der Waals surface area contributed by atoms with Crippen molar-refractivity contribution in [2.75, 3.05) is 18.6 Å². The molecule has 0 saturated carbocycles. The van der Waals surface area contributed by atoms with Crippen molar-refractivity contribution in [2.24, 2.45) is 5.73 Å². The van der Waals surface area contributed by atoms with Crippen LogP contribution < -0.4 is 16.4 Å². The van der Waals surface area contributed by atoms with Crippen LogP contribution in [0.25, 0.3) is 0 Å². The van der Waals surface area contributed by atoms with Crippen molar-refractivity contribution in [1.82, 2.24) is 10.6 Å². The highest BCUT2D eigenvalue weighted by atomic mass is 32.2. The van der Waals surface area contributed by atoms with Crippen molar-refractivity contribution in [3.63, 3.8) is 0 Å². The molecule has 0 aliphatic heterocycles. The maximum absolute atomic E-state index is 13.6. The monoisotopic (exact) mass is 481 g/mol. The molecule has 0 aromatic heterocycles. The molecular formula is C24H33F2N3O3S. The van der Waals surface area contributed by atoms with E-state index in [1.807, 2.05) is 18.2 Å². The Labute approximate surface area is 196 Å². The van der Waals surface area contributed by atoms with Crippen molar-refractivity contribution in [1.29, 1.82) is 0 Å². The zero-order chi connectivity index (χ0) is 24.4. The summed E-state index contributed by atoms with van der Waals surface area (Å²) in [5.41, 5.74) is 8.46. The van der Waals surface area contributed by atoms with Crippen molar-refractivity contribution in [2.45, 2.75) is 50.9 Å². The van der Waals surface area contributed by atoms with E-state index in [9.17, 15) is 22.9 Å². The van der Waals surface area contributed by atoms with E-state index < -0.39 is 46.5 Å². The van der Waals surface area contributed by atoms with E-state index in [1.54, 1.807) is 0 Å². The zero-order valence-corrected chi connectivity index (χ0v) is 19.8. The lowest BCUT2D eigenvalue weighted by atomic mass is 10.00. The maximum Gasteiger partial charge on any atom is 0.237 e. The van der Waals surface area contributed by atoms with Crippen LogP contribution in [0.2, 0.25) is 0 Å². The number of aliphatic hydroxyl groups excluding tert-OH is 1. The van der Waals surface area contributed by atoms with Gasteiger partial charge in [0.05, 0.1) is 18.2 Å². The van der Waals surface area contributed by atoms with Gasteiger partial charge in [-0.05, 0) is 48.1 Å². The predicted octanol–water partition coefficient (Wildman–Crippen LogP) is 1.80. The lowest BCUT2D eigenvalue weighted by molar-refractivity contribution is -0.123. The van der Waals surface area contributed by atoms with Gasteiger partial charge in [0.2, 0.25) is 5.91 Å². The fourth-order valence-corrected chi connectivity index (χ4v) is 4.03. The Morgan fingerprint density at radius 1 is 1.12 bits per heavy atom. The molecule has 4 atom stereocenters. The molecule has 6 nitrogen and oxygen atoms in total. The van der Waals surface area contributed by atoms with Gasteiger partial charge in [-0.3, -0.25) is 9.00 Å². The molecule has 2 rings (SSSR count). The topological polar surface area (TPSA) is 104 Å². The summed E-state index contributed by atoms with van der Waals surface area (Å²) >= 11 is 0. The van der Waals surface area contributed by atoms with Gasteiger partial charge in [0.25, 0.3) is 0 Å². The molecule has 0 aliphatic carbocycles. The van der Waals surface area contributed by atoms with E-state index in [0.29, 0.717) is 12.1 Å². The SMILES string of the molecule is CCc1cccc(CNCC(O)C(Cc2cc(F)cc(F)c2)NC(=O)C(N)CCS(C)=O)c1. The molecule has 0 radical (unpaired) electrons. The third-order valence-corrected chi connectivity index (χ3v) is 6.12. The number of benzene rings is 2. The van der Waals surface area contributed by atoms with Crippen LogP contribution in [-0.2, 0) is 35.0 Å². The van der Waals surface area contributed by atoms with E-state index >= 15 is 0 Å². The summed E-state index contributed by atoms with van der Waals surface area (Å²) in [5.74, 6) is -1.71. The minimum Gasteiger partial charge on any atom is -0.390 e. The number of nitrogens with one attached hydrogen (secondary N) is 2. The van der Waals surface area contributed by atoms with Gasteiger partial charge in [0, 0.05) is 42.0 Å². The first-order chi connectivity index (χ1) is 15.7. The number of hydrogen-bond acceptors (Lipinski definition) is 5. The number of carbonyl (C=O) groups excluding carboxylic acids is 1. The fourth-order valence-electron chi connectivity index (χ4n) is 3.45. The average molecular weight is 482 g/mol. The highest BCUT2D eigenvalue weighted by Crippen LogP contribution is 2.13. The van der Waals surface area contributed by atoms with Crippen molar-refractivity contribution in [3.05, 3.63) is 70.8 Å². The van der Waals surface area contributed by atoms with Gasteiger partial charge in [-0.15, -0.1) is 0 Å². The van der Waals surface area contributed by atoms with Crippen LogP contribution in [0.15, 0.2) is 42.5 Å². The van der Waals surface area contributed by atoms with Gasteiger partial charge in [0.1, 0.15) is 11.6 Å². The first kappa shape index (κ1) is 27.0. The van der Waals surface area contributed by atoms with Crippen LogP contribution in [0.4, 0.5) is 8.78 Å². The highest BCUT2D eigenvalue weighted by molar-refractivity contribution is 7.84. The quantitative estimate of drug-likeness (QED) is 0.349. The fraction of sp³-hybridized carbons (Fsp3) is 0.458. The van der Waals surface area contributed by atoms with Crippen LogP contribution in [0.5, 0.6) is 0 Å². The Balaban J connectivity index is 2.05. The summed E-state index contributed by atoms with van der Waals surface area (Å²) in [4.78, 5) is 12.5. The number of rotatable bonds is 13. The number of aliphatic hydroxyl groups is 1. The summed E-state index contributed by atoms with van der Waals surface area (Å²) in [6.07, 6.45) is 1.64. The van der Waals surface area contributed by atoms with Gasteiger partial charge >= 0.3 is 0 Å². The van der Waals surface area contributed by atoms with Gasteiger partial charge < -0.3 is 21.5 Å². The van der Waals surface area contributed by atoms with Gasteiger partial charge in [-0.25, -0.2) is 8.78 Å². The number of nitrogens with two attached hydrogens (primary N) is 1. The van der Waals surface area contributed by atoms with Crippen LogP contribution >= 0.6 is 0 Å². The molecule has 0 heterocycles. The smallest absolute Gasteiger partial charge is 0.237 e. The normalized spacial score (nSPS) is 15.0. The molecule has 0 aliphatic rings. The van der Waals surface area contributed by atoms with Crippen molar-refractivity contribution >= 4 is 16.7 Å². The van der Waals surface area contributed by atoms with Gasteiger partial charge in [-0.1, -0.05) is 31.2 Å². The second kappa shape index (κ2) is 13.5. The molecule has 4 unspecified atom stereocenters. The second-order valence-corrected chi connectivity index (χ2v) is 9.70. The van der Waals surface area contributed by atoms with Crippen LogP contribution in [0.1, 0.15) is 30.0 Å². The van der Waals surface area contributed by atoms with Crippen LogP contribution in [0.3, 0.4) is 0 Å². The molecule has 2 aromatic rings. The van der Waals surface area contributed by atoms with Crippen molar-refractivity contribution in [3.8, 4) is 0 Å². The van der Waals surface area contributed by atoms with Gasteiger partial charge in [0.15, 0.2) is 0 Å². The Kier molecular flexibility index (Phi) is 11.1. The number of halogens is 2. The van der Waals surface area contributed by atoms with Crippen LogP contribution in [-0.4, -0.2) is 52.0 Å². The molecule has 5 N–H and O–H groups in total. The number of amides is 1. The highest BCUT2D eigenvalue weighted by Gasteiger charge is 2.25. The molecule has 182 valence electrons. The molecule has 1 amide bonds. The summed E-state index contributed by atoms with van der Waals surface area (Å²) < 4.78 is 38.6. The van der Waals surface area contributed by atoms with E-state index in [-0.39, 0.29) is 25.1 Å². The third-order valence-electron chi connectivity index (χ3n) is 5.31. The first-order valence-corrected chi connectivity index (χ1v) is 12.7. The predicted molar refractivity (Wildman–Crippen MR) is 127 cm³/mol. The largest absolute Gasteiger partial charge is 0.390 e. The lowest BCUT2D eigenvalue weighted by Gasteiger charge is -2.26. The Morgan fingerprint density at radius 2 is 1.79 bits per heavy atom. The summed E-state index contributed by atoms with van der Waals surface area (Å²) in [7, 11) is -1.09. The molecule has 2 aromatic carbocycles. The summed E-state index contributed by atoms with van der Waals surface area (Å²) in [5, 5.41) is 16.6. The maximum atomic E-state index is 13.6. The number of hydrogen-bond donors (Lipinski definition) is 4. The average Bonchev–Trinajstić information content (AvgIpc) is 2.76. The third kappa shape index (κ3) is 9.67. The van der Waals surface area contributed by atoms with Crippen molar-refractivity contribution < 1.29 is 22.9 Å². The Morgan fingerprint density at radius 3 is 2.42 bits per heavy atom. The minimum atomic E-state index is -1.09. The van der Waals surface area contributed by atoms with E-state index in [2.05, 4.69) is 23.6 Å². The lowest BCUT2D eigenvalue weighted by Crippen LogP contribution is -2.53. The molecule has 0 fully saturated rings. The summed E-state index contributed by atoms with van der Waals surface area (Å²) in [6.45, 7) is 2.73. The molecule has 0 bridgehead atoms. The molecular weight excluding hydrogens is 448 g/mol. The number of carbonyl (C=O) groups is 1. The Hall–Kier alpha value is -2.20. The van der Waals surface area contributed by atoms with E-state index in [1.165, 1.54) is 24.0 Å². The zero-order valence-electron chi connectivity index (χ0n) is 19.0. The van der Waals surface area contributed by atoms with Crippen LogP contribution in [0, 0.1) is 11.6 Å². The molecule has 33 heavy (non-hydrogen) atoms. The minimum absolute atomic E-state index is 0.0149. The second-order valence-electron chi connectivity index (χ2n) is 8.14. The molecule has 0 spiro atoms. The standard InChI is InChI=1S/C24H33F2N3O3S/c1-3-16-5-4-6-17(9-16)14-28-15-23(30)22(12-18-10-19(25)13-20(26)11-18)29-24(31)21(27)7-8-33(2)32/h4-6,9-11,13,21-23,28,30H,3,7-8,12,14-15,27H2,1-2H3,(H,29,31). The number of aryl methyl sites for hydroxylation is 1. The Bertz CT molecular complexity index is 925. The van der Waals surface area contributed by atoms with E-state index in [4.69, 9.17) is 5.73 Å². The first-order valence-electron chi connectivity index (χ1n) is 11.0. The van der Waals surface area contributed by atoms with E-state index in [0.717, 1.165) is 18.1 Å². The molecule has 9 heteroatoms.